The minimum atomic E-state index is -0.311. The number of benzene rings is 2. The summed E-state index contributed by atoms with van der Waals surface area (Å²) in [5, 5.41) is 1.80. The normalized spacial score (nSPS) is 10.4. The lowest BCUT2D eigenvalue weighted by Gasteiger charge is -2.08. The molecule has 0 aliphatic rings. The van der Waals surface area contributed by atoms with Crippen molar-refractivity contribution in [2.75, 3.05) is 13.7 Å². The summed E-state index contributed by atoms with van der Waals surface area (Å²) in [6.45, 7) is 2.16. The molecular weight excluding hydrogens is 296 g/mol. The van der Waals surface area contributed by atoms with E-state index in [0.717, 1.165) is 21.0 Å². The summed E-state index contributed by atoms with van der Waals surface area (Å²) in [5.74, 6) is 0.448. The average molecular weight is 309 g/mol. The topological polar surface area (TPSA) is 35.5 Å². The van der Waals surface area contributed by atoms with Crippen LogP contribution in [0.1, 0.15) is 17.3 Å². The summed E-state index contributed by atoms with van der Waals surface area (Å²) in [6, 6.07) is 9.31. The Hall–Kier alpha value is -1.55. The van der Waals surface area contributed by atoms with Gasteiger partial charge >= 0.3 is 5.97 Å². The second-order valence-corrected chi connectivity index (χ2v) is 4.68. The highest BCUT2D eigenvalue weighted by Gasteiger charge is 2.12. The summed E-state index contributed by atoms with van der Waals surface area (Å²) < 4.78 is 11.1. The second kappa shape index (κ2) is 5.40. The minimum absolute atomic E-state index is 0.311. The molecule has 0 aliphatic heterocycles. The van der Waals surface area contributed by atoms with E-state index < -0.39 is 0 Å². The van der Waals surface area contributed by atoms with Crippen molar-refractivity contribution >= 4 is 32.7 Å². The molecular formula is C14H13BrO3. The van der Waals surface area contributed by atoms with E-state index >= 15 is 0 Å². The van der Waals surface area contributed by atoms with Gasteiger partial charge in [-0.15, -0.1) is 0 Å². The lowest BCUT2D eigenvalue weighted by atomic mass is 10.0. The van der Waals surface area contributed by atoms with Gasteiger partial charge in [0.15, 0.2) is 0 Å². The van der Waals surface area contributed by atoms with Crippen LogP contribution in [0.3, 0.4) is 0 Å². The molecule has 0 saturated heterocycles. The van der Waals surface area contributed by atoms with E-state index in [-0.39, 0.29) is 5.97 Å². The Morgan fingerprint density at radius 1 is 1.28 bits per heavy atom. The molecule has 0 fully saturated rings. The van der Waals surface area contributed by atoms with Crippen LogP contribution < -0.4 is 4.74 Å². The number of rotatable bonds is 3. The monoisotopic (exact) mass is 308 g/mol. The van der Waals surface area contributed by atoms with Crippen molar-refractivity contribution < 1.29 is 14.3 Å². The Labute approximate surface area is 114 Å². The van der Waals surface area contributed by atoms with E-state index in [1.54, 1.807) is 20.1 Å². The molecule has 18 heavy (non-hydrogen) atoms. The van der Waals surface area contributed by atoms with Crippen LogP contribution in [0.2, 0.25) is 0 Å². The largest absolute Gasteiger partial charge is 0.497 e. The van der Waals surface area contributed by atoms with Crippen LogP contribution in [0, 0.1) is 0 Å². The molecule has 0 saturated carbocycles. The maximum absolute atomic E-state index is 11.9. The second-order valence-electron chi connectivity index (χ2n) is 3.76. The van der Waals surface area contributed by atoms with Gasteiger partial charge in [-0.1, -0.05) is 15.9 Å². The van der Waals surface area contributed by atoms with Crippen molar-refractivity contribution in [3.05, 3.63) is 40.4 Å². The van der Waals surface area contributed by atoms with E-state index in [0.29, 0.717) is 12.2 Å². The summed E-state index contributed by atoms with van der Waals surface area (Å²) in [7, 11) is 1.62. The molecule has 2 aromatic rings. The highest BCUT2D eigenvalue weighted by atomic mass is 79.9. The fourth-order valence-electron chi connectivity index (χ4n) is 1.82. The van der Waals surface area contributed by atoms with Gasteiger partial charge in [0.25, 0.3) is 0 Å². The molecule has 0 radical (unpaired) electrons. The predicted molar refractivity (Wildman–Crippen MR) is 74.2 cm³/mol. The Morgan fingerprint density at radius 3 is 2.72 bits per heavy atom. The van der Waals surface area contributed by atoms with Crippen LogP contribution in [0.25, 0.3) is 10.8 Å². The Bertz CT molecular complexity index is 593. The van der Waals surface area contributed by atoms with Gasteiger partial charge in [-0.2, -0.15) is 0 Å². The maximum atomic E-state index is 11.9. The first-order valence-corrected chi connectivity index (χ1v) is 6.39. The highest BCUT2D eigenvalue weighted by molar-refractivity contribution is 9.10. The summed E-state index contributed by atoms with van der Waals surface area (Å²) >= 11 is 3.40. The number of halogens is 1. The van der Waals surface area contributed by atoms with Crippen LogP contribution in [0.15, 0.2) is 34.8 Å². The van der Waals surface area contributed by atoms with Crippen LogP contribution >= 0.6 is 15.9 Å². The van der Waals surface area contributed by atoms with E-state index in [1.807, 2.05) is 24.3 Å². The smallest absolute Gasteiger partial charge is 0.338 e. The van der Waals surface area contributed by atoms with Gasteiger partial charge in [-0.05, 0) is 48.0 Å². The maximum Gasteiger partial charge on any atom is 0.338 e. The average Bonchev–Trinajstić information content (AvgIpc) is 2.37. The fraction of sp³-hybridized carbons (Fsp3) is 0.214. The summed E-state index contributed by atoms with van der Waals surface area (Å²) in [6.07, 6.45) is 0. The molecule has 0 bridgehead atoms. The van der Waals surface area contributed by atoms with E-state index in [9.17, 15) is 4.79 Å². The number of hydrogen-bond acceptors (Lipinski definition) is 3. The zero-order valence-corrected chi connectivity index (χ0v) is 11.8. The van der Waals surface area contributed by atoms with E-state index in [4.69, 9.17) is 9.47 Å². The molecule has 0 atom stereocenters. The Balaban J connectivity index is 2.62. The van der Waals surface area contributed by atoms with Gasteiger partial charge in [0.2, 0.25) is 0 Å². The molecule has 0 aliphatic carbocycles. The van der Waals surface area contributed by atoms with Crippen LogP contribution in [0.5, 0.6) is 5.75 Å². The number of carbonyl (C=O) groups excluding carboxylic acids is 1. The number of ether oxygens (including phenoxy) is 2. The third kappa shape index (κ3) is 2.48. The number of carbonyl (C=O) groups is 1. The van der Waals surface area contributed by atoms with Crippen molar-refractivity contribution in [3.8, 4) is 5.75 Å². The van der Waals surface area contributed by atoms with Crippen molar-refractivity contribution in [3.63, 3.8) is 0 Å². The molecule has 0 N–H and O–H groups in total. The van der Waals surface area contributed by atoms with Gasteiger partial charge in [0.1, 0.15) is 5.75 Å². The first-order chi connectivity index (χ1) is 8.65. The number of methoxy groups -OCH3 is 1. The highest BCUT2D eigenvalue weighted by Crippen LogP contribution is 2.28. The van der Waals surface area contributed by atoms with Gasteiger partial charge in [0.05, 0.1) is 19.3 Å². The number of fused-ring (bicyclic) bond motifs is 1. The molecule has 0 spiro atoms. The first-order valence-electron chi connectivity index (χ1n) is 5.60. The molecule has 0 amide bonds. The SMILES string of the molecule is CCOC(=O)c1cc(Br)cc2cc(OC)ccc12. The lowest BCUT2D eigenvalue weighted by Crippen LogP contribution is -2.05. The first kappa shape index (κ1) is 12.9. The predicted octanol–water partition coefficient (Wildman–Crippen LogP) is 3.79. The molecule has 3 nitrogen and oxygen atoms in total. The van der Waals surface area contributed by atoms with Gasteiger partial charge in [-0.25, -0.2) is 4.79 Å². The zero-order chi connectivity index (χ0) is 13.1. The molecule has 2 aromatic carbocycles. The lowest BCUT2D eigenvalue weighted by molar-refractivity contribution is 0.0528. The molecule has 2 rings (SSSR count). The van der Waals surface area contributed by atoms with Crippen molar-refractivity contribution in [2.24, 2.45) is 0 Å². The van der Waals surface area contributed by atoms with Crippen LogP contribution in [-0.2, 0) is 4.74 Å². The molecule has 94 valence electrons. The Kier molecular flexibility index (Phi) is 3.87. The van der Waals surface area contributed by atoms with Crippen molar-refractivity contribution in [1.82, 2.24) is 0 Å². The van der Waals surface area contributed by atoms with E-state index in [2.05, 4.69) is 15.9 Å². The quantitative estimate of drug-likeness (QED) is 0.809. The standard InChI is InChI=1S/C14H13BrO3/c1-3-18-14(16)13-8-10(15)6-9-7-11(17-2)4-5-12(9)13/h4-8H,3H2,1-2H3. The van der Waals surface area contributed by atoms with Gasteiger partial charge in [-0.3, -0.25) is 0 Å². The van der Waals surface area contributed by atoms with Crippen molar-refractivity contribution in [2.45, 2.75) is 6.92 Å². The fourth-order valence-corrected chi connectivity index (χ4v) is 2.29. The molecule has 0 heterocycles. The third-order valence-electron chi connectivity index (χ3n) is 2.62. The molecule has 0 aromatic heterocycles. The minimum Gasteiger partial charge on any atom is -0.497 e. The Morgan fingerprint density at radius 2 is 2.06 bits per heavy atom. The number of hydrogen-bond donors (Lipinski definition) is 0. The molecule has 0 unspecified atom stereocenters. The summed E-state index contributed by atoms with van der Waals surface area (Å²) in [4.78, 5) is 11.9. The van der Waals surface area contributed by atoms with Gasteiger partial charge < -0.3 is 9.47 Å². The third-order valence-corrected chi connectivity index (χ3v) is 3.08. The van der Waals surface area contributed by atoms with Crippen LogP contribution in [0.4, 0.5) is 0 Å². The van der Waals surface area contributed by atoms with Crippen molar-refractivity contribution in [1.29, 1.82) is 0 Å². The number of esters is 1. The van der Waals surface area contributed by atoms with Crippen LogP contribution in [-0.4, -0.2) is 19.7 Å². The zero-order valence-electron chi connectivity index (χ0n) is 10.2. The van der Waals surface area contributed by atoms with Gasteiger partial charge in [0, 0.05) is 4.47 Å². The molecule has 4 heteroatoms. The van der Waals surface area contributed by atoms with E-state index in [1.165, 1.54) is 0 Å². The summed E-state index contributed by atoms with van der Waals surface area (Å²) in [5.41, 5.74) is 0.559.